The minimum atomic E-state index is -4.55. The summed E-state index contributed by atoms with van der Waals surface area (Å²) in [5.41, 5.74) is 3.70. The third-order valence-electron chi connectivity index (χ3n) is 3.98. The summed E-state index contributed by atoms with van der Waals surface area (Å²) >= 11 is 1.92. The van der Waals surface area contributed by atoms with Crippen LogP contribution in [0.2, 0.25) is 0 Å². The summed E-state index contributed by atoms with van der Waals surface area (Å²) in [4.78, 5) is 31.1. The second-order valence-electron chi connectivity index (χ2n) is 5.51. The summed E-state index contributed by atoms with van der Waals surface area (Å²) < 4.78 is 38.9. The van der Waals surface area contributed by atoms with Crippen molar-refractivity contribution in [3.05, 3.63) is 23.8 Å². The van der Waals surface area contributed by atoms with Crippen LogP contribution in [0.3, 0.4) is 0 Å². The lowest BCUT2D eigenvalue weighted by molar-refractivity contribution is -0.131. The number of hydrogen-bond donors (Lipinski definition) is 1. The van der Waals surface area contributed by atoms with Gasteiger partial charge in [0.05, 0.1) is 5.69 Å². The van der Waals surface area contributed by atoms with E-state index in [2.05, 4.69) is 10.4 Å². The Morgan fingerprint density at radius 3 is 2.88 bits per heavy atom. The molecule has 2 amide bonds. The van der Waals surface area contributed by atoms with E-state index in [-0.39, 0.29) is 12.6 Å². The molecule has 0 radical (unpaired) electrons. The highest BCUT2D eigenvalue weighted by Gasteiger charge is 2.46. The number of nitrogens with one attached hydrogen (secondary N) is 1. The van der Waals surface area contributed by atoms with Crippen molar-refractivity contribution in [1.82, 2.24) is 9.84 Å². The molecule has 1 atom stereocenters. The van der Waals surface area contributed by atoms with Crippen molar-refractivity contribution in [3.8, 4) is 0 Å². The number of anilines is 1. The Bertz CT molecular complexity index is 799. The second-order valence-corrected chi connectivity index (χ2v) is 7.66. The molecule has 0 aromatic heterocycles. The average molecular weight is 388 g/mol. The Balaban J connectivity index is 1.53. The first kappa shape index (κ1) is 16.7. The molecule has 0 aliphatic carbocycles. The fourth-order valence-corrected chi connectivity index (χ4v) is 4.69. The molecule has 132 valence electrons. The molecule has 3 aliphatic heterocycles. The number of thioether (sulfide) groups is 1. The van der Waals surface area contributed by atoms with E-state index in [0.717, 1.165) is 20.7 Å². The van der Waals surface area contributed by atoms with Crippen LogP contribution in [0.4, 0.5) is 18.9 Å². The first-order valence-electron chi connectivity index (χ1n) is 7.31. The number of halogens is 3. The molecule has 3 heterocycles. The lowest BCUT2D eigenvalue weighted by atomic mass is 10.0. The molecule has 0 saturated heterocycles. The summed E-state index contributed by atoms with van der Waals surface area (Å²) in [6.07, 6.45) is -4.55. The van der Waals surface area contributed by atoms with Crippen molar-refractivity contribution in [1.29, 1.82) is 0 Å². The molecule has 1 aromatic carbocycles. The first-order valence-corrected chi connectivity index (χ1v) is 9.07. The van der Waals surface area contributed by atoms with E-state index in [0.29, 0.717) is 24.1 Å². The van der Waals surface area contributed by atoms with E-state index in [1.54, 1.807) is 28.8 Å². The van der Waals surface area contributed by atoms with Gasteiger partial charge in [-0.25, -0.2) is 0 Å². The van der Waals surface area contributed by atoms with Crippen molar-refractivity contribution in [2.75, 3.05) is 23.9 Å². The number of carbonyl (C=O) groups excluding carboxylic acids is 2. The first-order chi connectivity index (χ1) is 11.9. The van der Waals surface area contributed by atoms with Gasteiger partial charge in [-0.05, 0) is 11.6 Å². The zero-order chi connectivity index (χ0) is 17.8. The van der Waals surface area contributed by atoms with Crippen LogP contribution in [0, 0.1) is 0 Å². The number of hydrogen-bond acceptors (Lipinski definition) is 6. The summed E-state index contributed by atoms with van der Waals surface area (Å²) in [5.74, 6) is -1.31. The molecular formula is C14H11F3N4O2S2. The minimum absolute atomic E-state index is 0.307. The van der Waals surface area contributed by atoms with Gasteiger partial charge < -0.3 is 4.90 Å². The van der Waals surface area contributed by atoms with Crippen LogP contribution in [0.25, 0.3) is 0 Å². The van der Waals surface area contributed by atoms with E-state index in [4.69, 9.17) is 0 Å². The predicted molar refractivity (Wildman–Crippen MR) is 88.2 cm³/mol. The zero-order valence-corrected chi connectivity index (χ0v) is 14.2. The van der Waals surface area contributed by atoms with Crippen LogP contribution < -0.4 is 10.3 Å². The third-order valence-corrected chi connectivity index (χ3v) is 5.96. The summed E-state index contributed by atoms with van der Waals surface area (Å²) in [7, 11) is 0. The molecule has 0 bridgehead atoms. The molecule has 0 saturated carbocycles. The van der Waals surface area contributed by atoms with Gasteiger partial charge in [0, 0.05) is 29.1 Å². The van der Waals surface area contributed by atoms with Crippen molar-refractivity contribution < 1.29 is 22.8 Å². The third kappa shape index (κ3) is 2.79. The molecule has 1 aromatic rings. The Morgan fingerprint density at radius 1 is 1.36 bits per heavy atom. The highest BCUT2D eigenvalue weighted by Crippen LogP contribution is 2.46. The van der Waals surface area contributed by atoms with Crippen molar-refractivity contribution >= 4 is 46.3 Å². The van der Waals surface area contributed by atoms with Gasteiger partial charge in [-0.3, -0.25) is 20.0 Å². The number of para-hydroxylation sites is 1. The standard InChI is InChI=1S/C14H11F3N4O2S2/c15-14(16,17)13-18-6-21(25-13)19-11(22)9-7-2-1-3-8-10(7)20(12(9)23)4-5-24-8/h1-3,9H,4-6H2,(H,19,22). The maximum Gasteiger partial charge on any atom is 0.440 e. The van der Waals surface area contributed by atoms with Crippen LogP contribution in [0.5, 0.6) is 0 Å². The number of nitrogens with zero attached hydrogens (tertiary/aromatic N) is 3. The molecule has 0 spiro atoms. The molecule has 25 heavy (non-hydrogen) atoms. The van der Waals surface area contributed by atoms with Gasteiger partial charge in [0.15, 0.2) is 5.04 Å². The van der Waals surface area contributed by atoms with E-state index in [9.17, 15) is 22.8 Å². The fraction of sp³-hybridized carbons (Fsp3) is 0.357. The highest BCUT2D eigenvalue weighted by atomic mass is 32.2. The highest BCUT2D eigenvalue weighted by molar-refractivity contribution is 8.12. The van der Waals surface area contributed by atoms with Crippen molar-refractivity contribution in [3.63, 3.8) is 0 Å². The van der Waals surface area contributed by atoms with Crippen LogP contribution >= 0.6 is 23.7 Å². The van der Waals surface area contributed by atoms with E-state index >= 15 is 0 Å². The van der Waals surface area contributed by atoms with Crippen molar-refractivity contribution in [2.24, 2.45) is 4.99 Å². The Hall–Kier alpha value is -1.72. The van der Waals surface area contributed by atoms with Gasteiger partial charge in [-0.15, -0.1) is 16.2 Å². The van der Waals surface area contributed by atoms with Crippen molar-refractivity contribution in [2.45, 2.75) is 17.0 Å². The van der Waals surface area contributed by atoms with E-state index < -0.39 is 23.0 Å². The Morgan fingerprint density at radius 2 is 2.16 bits per heavy atom. The lowest BCUT2D eigenvalue weighted by Gasteiger charge is -2.24. The number of alkyl halides is 3. The van der Waals surface area contributed by atoms with E-state index in [1.165, 1.54) is 0 Å². The Labute approximate surface area is 148 Å². The number of amides is 2. The molecule has 1 unspecified atom stereocenters. The van der Waals surface area contributed by atoms with Gasteiger partial charge in [-0.2, -0.15) is 13.2 Å². The number of benzene rings is 1. The number of aliphatic imine (C=N–C) groups is 1. The normalized spacial score (nSPS) is 22.8. The molecule has 3 aliphatic rings. The van der Waals surface area contributed by atoms with Gasteiger partial charge in [0.2, 0.25) is 5.91 Å². The summed E-state index contributed by atoms with van der Waals surface area (Å²) in [5, 5.41) is -1.02. The topological polar surface area (TPSA) is 65.0 Å². The van der Waals surface area contributed by atoms with Crippen LogP contribution in [-0.4, -0.2) is 46.4 Å². The minimum Gasteiger partial charge on any atom is -0.309 e. The largest absolute Gasteiger partial charge is 0.440 e. The van der Waals surface area contributed by atoms with Gasteiger partial charge in [0.25, 0.3) is 5.91 Å². The molecule has 1 N–H and O–H groups in total. The second kappa shape index (κ2) is 5.92. The van der Waals surface area contributed by atoms with Crippen LogP contribution in [-0.2, 0) is 9.59 Å². The molecule has 11 heteroatoms. The monoisotopic (exact) mass is 388 g/mol. The smallest absolute Gasteiger partial charge is 0.309 e. The fourth-order valence-electron chi connectivity index (χ4n) is 2.98. The quantitative estimate of drug-likeness (QED) is 0.621. The molecular weight excluding hydrogens is 377 g/mol. The molecule has 6 nitrogen and oxygen atoms in total. The van der Waals surface area contributed by atoms with Gasteiger partial charge in [0.1, 0.15) is 12.6 Å². The maximum absolute atomic E-state index is 12.6. The molecule has 0 fully saturated rings. The van der Waals surface area contributed by atoms with Crippen LogP contribution in [0.1, 0.15) is 11.5 Å². The zero-order valence-electron chi connectivity index (χ0n) is 12.5. The SMILES string of the molecule is O=C(NN1CN=C(C(F)(F)F)S1)C1C(=O)N2CCSc3cccc1c32. The predicted octanol–water partition coefficient (Wildman–Crippen LogP) is 2.14. The van der Waals surface area contributed by atoms with Crippen LogP contribution in [0.15, 0.2) is 28.1 Å². The Kier molecular flexibility index (Phi) is 3.96. The van der Waals surface area contributed by atoms with E-state index in [1.807, 2.05) is 6.07 Å². The average Bonchev–Trinajstić information content (AvgIpc) is 3.13. The summed E-state index contributed by atoms with van der Waals surface area (Å²) in [6, 6.07) is 5.38. The van der Waals surface area contributed by atoms with Gasteiger partial charge in [-0.1, -0.05) is 12.1 Å². The maximum atomic E-state index is 12.6. The number of carbonyl (C=O) groups is 2. The lowest BCUT2D eigenvalue weighted by Crippen LogP contribution is -2.43. The number of hydrazine groups is 1. The number of rotatable bonds is 2. The van der Waals surface area contributed by atoms with Gasteiger partial charge >= 0.3 is 6.18 Å². The molecule has 4 rings (SSSR count). The summed E-state index contributed by atoms with van der Waals surface area (Å²) in [6.45, 7) is 0.190.